The van der Waals surface area contributed by atoms with Crippen molar-refractivity contribution in [2.75, 3.05) is 45.2 Å². The fraction of sp³-hybridized carbons (Fsp3) is 0.318. The number of fused-ring (bicyclic) bond motifs is 5. The number of anilines is 1. The topological polar surface area (TPSA) is 65.8 Å². The lowest BCUT2D eigenvalue weighted by atomic mass is 10.2. The number of para-hydroxylation sites is 2. The van der Waals surface area contributed by atoms with E-state index in [4.69, 9.17) is 9.97 Å². The molecule has 1 saturated heterocycles. The first kappa shape index (κ1) is 17.9. The van der Waals surface area contributed by atoms with E-state index in [-0.39, 0.29) is 5.91 Å². The van der Waals surface area contributed by atoms with Crippen LogP contribution in [0.1, 0.15) is 16.8 Å². The fourth-order valence-corrected chi connectivity index (χ4v) is 4.14. The Kier molecular flexibility index (Phi) is 4.32. The molecule has 1 aromatic carbocycles. The number of likely N-dealkylation sites (N-methyl/N-ethyl adjacent to an activating group) is 1. The van der Waals surface area contributed by atoms with E-state index in [9.17, 15) is 4.79 Å². The summed E-state index contributed by atoms with van der Waals surface area (Å²) in [6.07, 6.45) is 1.12. The highest BCUT2D eigenvalue weighted by Crippen LogP contribution is 2.27. The van der Waals surface area contributed by atoms with E-state index in [1.54, 1.807) is 7.05 Å². The second-order valence-corrected chi connectivity index (χ2v) is 7.62. The van der Waals surface area contributed by atoms with Crippen molar-refractivity contribution in [2.45, 2.75) is 6.42 Å². The molecule has 29 heavy (non-hydrogen) atoms. The molecule has 1 aliphatic rings. The summed E-state index contributed by atoms with van der Waals surface area (Å²) in [5.41, 5.74) is 3.84. The van der Waals surface area contributed by atoms with Crippen molar-refractivity contribution in [3.8, 4) is 0 Å². The maximum absolute atomic E-state index is 12.5. The summed E-state index contributed by atoms with van der Waals surface area (Å²) in [4.78, 5) is 27.0. The van der Waals surface area contributed by atoms with Gasteiger partial charge in [-0.2, -0.15) is 0 Å². The van der Waals surface area contributed by atoms with Crippen LogP contribution in [0, 0.1) is 0 Å². The van der Waals surface area contributed by atoms with Crippen LogP contribution < -0.4 is 10.2 Å². The number of amides is 1. The van der Waals surface area contributed by atoms with Crippen molar-refractivity contribution in [1.29, 1.82) is 0 Å². The molecule has 0 atom stereocenters. The van der Waals surface area contributed by atoms with Gasteiger partial charge < -0.3 is 15.1 Å². The maximum atomic E-state index is 12.5. The van der Waals surface area contributed by atoms with Crippen LogP contribution in [0.5, 0.6) is 0 Å². The Morgan fingerprint density at radius 1 is 1.00 bits per heavy atom. The Bertz CT molecular complexity index is 1230. The highest BCUT2D eigenvalue weighted by Gasteiger charge is 2.19. The molecular formula is C22H24N6O. The van der Waals surface area contributed by atoms with Crippen LogP contribution in [0.3, 0.4) is 0 Å². The van der Waals surface area contributed by atoms with Crippen LogP contribution in [-0.2, 0) is 0 Å². The number of aromatic nitrogens is 3. The fourth-order valence-electron chi connectivity index (χ4n) is 4.14. The van der Waals surface area contributed by atoms with Gasteiger partial charge in [0.25, 0.3) is 5.91 Å². The number of pyridine rings is 2. The maximum Gasteiger partial charge on any atom is 0.254 e. The third-order valence-corrected chi connectivity index (χ3v) is 5.72. The molecule has 1 amide bonds. The van der Waals surface area contributed by atoms with Gasteiger partial charge in [0.2, 0.25) is 0 Å². The predicted octanol–water partition coefficient (Wildman–Crippen LogP) is 2.54. The minimum Gasteiger partial charge on any atom is -0.355 e. The molecule has 7 nitrogen and oxygen atoms in total. The van der Waals surface area contributed by atoms with E-state index in [1.165, 1.54) is 0 Å². The molecule has 0 aliphatic carbocycles. The largest absolute Gasteiger partial charge is 0.355 e. The molecular weight excluding hydrogens is 364 g/mol. The van der Waals surface area contributed by atoms with Gasteiger partial charge in [0.05, 0.1) is 16.6 Å². The first-order valence-electron chi connectivity index (χ1n) is 10.0. The van der Waals surface area contributed by atoms with Gasteiger partial charge in [0.1, 0.15) is 11.5 Å². The molecule has 5 rings (SSSR count). The summed E-state index contributed by atoms with van der Waals surface area (Å²) in [6, 6.07) is 14.0. The van der Waals surface area contributed by atoms with Crippen LogP contribution in [-0.4, -0.2) is 65.5 Å². The molecule has 0 bridgehead atoms. The number of nitrogens with one attached hydrogen (secondary N) is 1. The number of imidazole rings is 1. The molecule has 148 valence electrons. The Hall–Kier alpha value is -3.19. The van der Waals surface area contributed by atoms with Crippen molar-refractivity contribution in [3.63, 3.8) is 0 Å². The molecule has 0 unspecified atom stereocenters. The molecule has 4 aromatic rings. The van der Waals surface area contributed by atoms with Gasteiger partial charge in [-0.25, -0.2) is 9.97 Å². The van der Waals surface area contributed by atoms with Crippen LogP contribution >= 0.6 is 0 Å². The minimum atomic E-state index is -0.146. The number of carbonyl (C=O) groups excluding carboxylic acids is 1. The summed E-state index contributed by atoms with van der Waals surface area (Å²) in [5, 5.41) is 3.66. The number of carbonyl (C=O) groups is 1. The zero-order valence-corrected chi connectivity index (χ0v) is 16.7. The van der Waals surface area contributed by atoms with Crippen LogP contribution in [0.4, 0.5) is 5.82 Å². The number of hydrogen-bond acceptors (Lipinski definition) is 5. The quantitative estimate of drug-likeness (QED) is 0.572. The molecule has 4 heterocycles. The van der Waals surface area contributed by atoms with Gasteiger partial charge in [0.15, 0.2) is 5.65 Å². The van der Waals surface area contributed by atoms with Crippen molar-refractivity contribution in [2.24, 2.45) is 0 Å². The number of nitrogens with zero attached hydrogens (tertiary/aromatic N) is 5. The molecule has 1 N–H and O–H groups in total. The van der Waals surface area contributed by atoms with Crippen LogP contribution in [0.15, 0.2) is 42.5 Å². The lowest BCUT2D eigenvalue weighted by molar-refractivity contribution is 0.0964. The summed E-state index contributed by atoms with van der Waals surface area (Å²) in [7, 11) is 3.81. The number of rotatable bonds is 2. The van der Waals surface area contributed by atoms with E-state index in [2.05, 4.69) is 34.3 Å². The van der Waals surface area contributed by atoms with Gasteiger partial charge in [-0.1, -0.05) is 12.1 Å². The first-order chi connectivity index (χ1) is 14.2. The summed E-state index contributed by atoms with van der Waals surface area (Å²) in [6.45, 7) is 4.08. The zero-order valence-electron chi connectivity index (χ0n) is 16.7. The average Bonchev–Trinajstić information content (AvgIpc) is 3.01. The second-order valence-electron chi connectivity index (χ2n) is 7.62. The highest BCUT2D eigenvalue weighted by atomic mass is 16.1. The van der Waals surface area contributed by atoms with Crippen LogP contribution in [0.2, 0.25) is 0 Å². The van der Waals surface area contributed by atoms with Crippen molar-refractivity contribution < 1.29 is 4.79 Å². The van der Waals surface area contributed by atoms with Gasteiger partial charge in [0, 0.05) is 32.1 Å². The summed E-state index contributed by atoms with van der Waals surface area (Å²) >= 11 is 0. The average molecular weight is 388 g/mol. The molecule has 7 heteroatoms. The van der Waals surface area contributed by atoms with E-state index < -0.39 is 0 Å². The molecule has 3 aromatic heterocycles. The molecule has 0 spiro atoms. The zero-order chi connectivity index (χ0) is 20.0. The van der Waals surface area contributed by atoms with Gasteiger partial charge in [-0.15, -0.1) is 0 Å². The molecule has 0 saturated carbocycles. The third kappa shape index (κ3) is 2.98. The SMILES string of the molecule is CNC(=O)c1cc2ccc(N3CCCN(C)CC3)nc2n2c1nc1ccccc12. The van der Waals surface area contributed by atoms with Gasteiger partial charge in [-0.3, -0.25) is 9.20 Å². The normalized spacial score (nSPS) is 15.9. The molecule has 0 radical (unpaired) electrons. The van der Waals surface area contributed by atoms with E-state index in [1.807, 2.05) is 34.7 Å². The Labute approximate surface area is 168 Å². The first-order valence-corrected chi connectivity index (χ1v) is 10.0. The third-order valence-electron chi connectivity index (χ3n) is 5.72. The van der Waals surface area contributed by atoms with E-state index >= 15 is 0 Å². The Morgan fingerprint density at radius 2 is 1.86 bits per heavy atom. The predicted molar refractivity (Wildman–Crippen MR) is 116 cm³/mol. The van der Waals surface area contributed by atoms with Crippen molar-refractivity contribution in [3.05, 3.63) is 48.0 Å². The van der Waals surface area contributed by atoms with Crippen molar-refractivity contribution in [1.82, 2.24) is 24.6 Å². The summed E-state index contributed by atoms with van der Waals surface area (Å²) in [5.74, 6) is 0.825. The summed E-state index contributed by atoms with van der Waals surface area (Å²) < 4.78 is 2.02. The lowest BCUT2D eigenvalue weighted by Gasteiger charge is -2.22. The minimum absolute atomic E-state index is 0.146. The number of benzene rings is 1. The van der Waals surface area contributed by atoms with Crippen LogP contribution in [0.25, 0.3) is 27.7 Å². The van der Waals surface area contributed by atoms with Gasteiger partial charge in [-0.05, 0) is 50.3 Å². The standard InChI is InChI=1S/C22H24N6O/c1-23-22(29)16-14-15-8-9-19(27-11-5-10-26(2)12-13-27)25-20(15)28-18-7-4-3-6-17(18)24-21(16)28/h3-4,6-9,14H,5,10-13H2,1-2H3,(H,23,29). The molecule has 1 aliphatic heterocycles. The second kappa shape index (κ2) is 7.00. The number of hydrogen-bond donors (Lipinski definition) is 1. The van der Waals surface area contributed by atoms with E-state index in [0.29, 0.717) is 11.2 Å². The van der Waals surface area contributed by atoms with Crippen molar-refractivity contribution >= 4 is 39.4 Å². The highest BCUT2D eigenvalue weighted by molar-refractivity contribution is 6.05. The Balaban J connectivity index is 1.76. The smallest absolute Gasteiger partial charge is 0.254 e. The Morgan fingerprint density at radius 3 is 2.72 bits per heavy atom. The molecule has 1 fully saturated rings. The van der Waals surface area contributed by atoms with E-state index in [0.717, 1.165) is 60.5 Å². The van der Waals surface area contributed by atoms with Gasteiger partial charge >= 0.3 is 0 Å². The monoisotopic (exact) mass is 388 g/mol. The lowest BCUT2D eigenvalue weighted by Crippen LogP contribution is -2.29.